The van der Waals surface area contributed by atoms with Crippen molar-refractivity contribution in [2.45, 2.75) is 83.3 Å². The zero-order valence-electron chi connectivity index (χ0n) is 21.8. The number of hydroxylamine groups is 1. The van der Waals surface area contributed by atoms with E-state index in [4.69, 9.17) is 9.94 Å². The summed E-state index contributed by atoms with van der Waals surface area (Å²) in [6.45, 7) is 2.79. The molecule has 3 aromatic rings. The summed E-state index contributed by atoms with van der Waals surface area (Å²) in [6, 6.07) is 17.8. The third-order valence-corrected chi connectivity index (χ3v) is 10.1. The maximum absolute atomic E-state index is 13.7. The average Bonchev–Trinajstić information content (AvgIpc) is 3.27. The maximum atomic E-state index is 13.7. The molecule has 37 heavy (non-hydrogen) atoms. The Morgan fingerprint density at radius 1 is 1.00 bits per heavy atom. The lowest BCUT2D eigenvalue weighted by Gasteiger charge is -2.59. The van der Waals surface area contributed by atoms with Crippen LogP contribution in [0.2, 0.25) is 0 Å². The molecule has 0 amide bonds. The lowest BCUT2D eigenvalue weighted by Crippen LogP contribution is -2.54. The van der Waals surface area contributed by atoms with Crippen molar-refractivity contribution in [2.75, 3.05) is 0 Å². The molecule has 4 bridgehead atoms. The number of aromatic nitrogens is 2. The van der Waals surface area contributed by atoms with E-state index in [-0.39, 0.29) is 11.7 Å². The number of rotatable bonds is 7. The van der Waals surface area contributed by atoms with Gasteiger partial charge in [-0.05, 0) is 118 Å². The summed E-state index contributed by atoms with van der Waals surface area (Å²) in [4.78, 5) is 6.26. The van der Waals surface area contributed by atoms with Gasteiger partial charge in [0.15, 0.2) is 0 Å². The van der Waals surface area contributed by atoms with Crippen molar-refractivity contribution in [3.8, 4) is 5.69 Å². The number of hydrogen-bond acceptors (Lipinski definition) is 3. The Bertz CT molecular complexity index is 1220. The first-order valence-electron chi connectivity index (χ1n) is 14.4. The monoisotopic (exact) mass is 499 g/mol. The van der Waals surface area contributed by atoms with Gasteiger partial charge in [-0.2, -0.15) is 10.6 Å². The Balaban J connectivity index is 1.15. The average molecular weight is 500 g/mol. The van der Waals surface area contributed by atoms with Crippen LogP contribution in [0.1, 0.15) is 86.7 Å². The largest absolute Gasteiger partial charge is 0.295 e. The van der Waals surface area contributed by atoms with E-state index in [9.17, 15) is 4.39 Å². The molecule has 1 heterocycles. The lowest BCUT2D eigenvalue weighted by molar-refractivity contribution is -0.110. The first-order valence-corrected chi connectivity index (χ1v) is 14.4. The van der Waals surface area contributed by atoms with Gasteiger partial charge in [-0.3, -0.25) is 4.84 Å². The molecule has 4 nitrogen and oxygen atoms in total. The molecular formula is C32H38FN3O. The molecule has 0 aliphatic heterocycles. The van der Waals surface area contributed by atoms with Gasteiger partial charge in [0.1, 0.15) is 12.4 Å². The predicted octanol–water partition coefficient (Wildman–Crippen LogP) is 7.11. The first kappa shape index (κ1) is 23.6. The Kier molecular flexibility index (Phi) is 5.97. The lowest BCUT2D eigenvalue weighted by atomic mass is 9.48. The summed E-state index contributed by atoms with van der Waals surface area (Å²) in [5, 5.41) is 5.09. The molecule has 4 saturated carbocycles. The quantitative estimate of drug-likeness (QED) is 0.352. The van der Waals surface area contributed by atoms with Gasteiger partial charge in [0.2, 0.25) is 0 Å². The number of hydrogen-bond donors (Lipinski definition) is 1. The summed E-state index contributed by atoms with van der Waals surface area (Å²) in [7, 11) is 0. The van der Waals surface area contributed by atoms with Gasteiger partial charge in [0.05, 0.1) is 17.1 Å². The molecule has 2 unspecified atom stereocenters. The highest BCUT2D eigenvalue weighted by Crippen LogP contribution is 2.61. The van der Waals surface area contributed by atoms with Crippen molar-refractivity contribution in [3.05, 3.63) is 82.9 Å². The van der Waals surface area contributed by atoms with Gasteiger partial charge in [0, 0.05) is 17.5 Å². The summed E-state index contributed by atoms with van der Waals surface area (Å²) in [6.07, 6.45) is 11.7. The van der Waals surface area contributed by atoms with E-state index in [0.29, 0.717) is 18.1 Å². The van der Waals surface area contributed by atoms with Gasteiger partial charge in [-0.15, -0.1) is 0 Å². The summed E-state index contributed by atoms with van der Waals surface area (Å²) in [5.74, 6) is 2.85. The number of nitrogens with one attached hydrogen (secondary N) is 1. The number of nitrogens with zero attached hydrogens (tertiary/aromatic N) is 2. The molecule has 1 aromatic heterocycles. The van der Waals surface area contributed by atoms with Crippen LogP contribution in [0.15, 0.2) is 54.6 Å². The van der Waals surface area contributed by atoms with Crippen molar-refractivity contribution in [1.29, 1.82) is 0 Å². The predicted molar refractivity (Wildman–Crippen MR) is 143 cm³/mol. The van der Waals surface area contributed by atoms with Gasteiger partial charge >= 0.3 is 0 Å². The van der Waals surface area contributed by atoms with E-state index < -0.39 is 0 Å². The molecule has 5 heteroatoms. The minimum Gasteiger partial charge on any atom is -0.295 e. The van der Waals surface area contributed by atoms with Gasteiger partial charge in [-0.25, -0.2) is 9.07 Å². The van der Waals surface area contributed by atoms with Crippen LogP contribution in [-0.4, -0.2) is 15.8 Å². The second-order valence-corrected chi connectivity index (χ2v) is 12.5. The number of fused-ring (bicyclic) bond motifs is 1. The molecule has 4 fully saturated rings. The SMILES string of the molecule is CC(NOCc1nn(-c2ccc(F)cc2)c2c1CCCC2c1ccccc1)C12CC3CC(CC(C3)C1)C2. The zero-order chi connectivity index (χ0) is 25.0. The fourth-order valence-electron chi connectivity index (χ4n) is 8.73. The summed E-state index contributed by atoms with van der Waals surface area (Å²) in [5.41, 5.74) is 9.65. The van der Waals surface area contributed by atoms with Crippen LogP contribution in [0.4, 0.5) is 4.39 Å². The van der Waals surface area contributed by atoms with E-state index in [2.05, 4.69) is 42.7 Å². The minimum atomic E-state index is -0.226. The fraction of sp³-hybridized carbons (Fsp3) is 0.531. The molecule has 1 N–H and O–H groups in total. The standard InChI is InChI=1S/C32H38FN3O/c1-21(32-17-22-14-23(18-32)16-24(15-22)19-32)35-37-20-30-29-9-5-8-28(25-6-3-2-4-7-25)31(29)36(34-30)27-12-10-26(33)11-13-27/h2-4,6-7,10-13,21-24,28,35H,5,8-9,14-20H2,1H3. The molecule has 5 aliphatic rings. The van der Waals surface area contributed by atoms with E-state index in [1.807, 2.05) is 16.8 Å². The Morgan fingerprint density at radius 2 is 1.68 bits per heavy atom. The van der Waals surface area contributed by atoms with Crippen LogP contribution in [0.3, 0.4) is 0 Å². The third-order valence-electron chi connectivity index (χ3n) is 10.1. The summed E-state index contributed by atoms with van der Waals surface area (Å²) >= 11 is 0. The first-order chi connectivity index (χ1) is 18.1. The maximum Gasteiger partial charge on any atom is 0.123 e. The van der Waals surface area contributed by atoms with E-state index in [0.717, 1.165) is 48.4 Å². The van der Waals surface area contributed by atoms with Gasteiger partial charge < -0.3 is 0 Å². The fourth-order valence-corrected chi connectivity index (χ4v) is 8.73. The molecule has 2 aromatic carbocycles. The topological polar surface area (TPSA) is 39.1 Å². The van der Waals surface area contributed by atoms with Crippen LogP contribution < -0.4 is 5.48 Å². The van der Waals surface area contributed by atoms with Crippen molar-refractivity contribution in [1.82, 2.24) is 15.3 Å². The Hall–Kier alpha value is -2.50. The van der Waals surface area contributed by atoms with Crippen molar-refractivity contribution < 1.29 is 9.23 Å². The highest BCUT2D eigenvalue weighted by Gasteiger charge is 2.53. The van der Waals surface area contributed by atoms with E-state index >= 15 is 0 Å². The van der Waals surface area contributed by atoms with Crippen molar-refractivity contribution >= 4 is 0 Å². The molecule has 194 valence electrons. The normalized spacial score (nSPS) is 30.9. The number of halogens is 1. The van der Waals surface area contributed by atoms with Crippen LogP contribution in [0.25, 0.3) is 5.69 Å². The van der Waals surface area contributed by atoms with E-state index in [1.165, 1.54) is 67.5 Å². The van der Waals surface area contributed by atoms with Gasteiger partial charge in [0.25, 0.3) is 0 Å². The highest BCUT2D eigenvalue weighted by molar-refractivity contribution is 5.44. The molecular weight excluding hydrogens is 461 g/mol. The van der Waals surface area contributed by atoms with E-state index in [1.54, 1.807) is 0 Å². The molecule has 2 atom stereocenters. The van der Waals surface area contributed by atoms with Gasteiger partial charge in [-0.1, -0.05) is 30.3 Å². The second kappa shape index (κ2) is 9.36. The highest BCUT2D eigenvalue weighted by atomic mass is 19.1. The smallest absolute Gasteiger partial charge is 0.123 e. The van der Waals surface area contributed by atoms with Crippen molar-refractivity contribution in [3.63, 3.8) is 0 Å². The zero-order valence-corrected chi connectivity index (χ0v) is 21.8. The van der Waals surface area contributed by atoms with Crippen LogP contribution >= 0.6 is 0 Å². The Labute approximate surface area is 219 Å². The molecule has 8 rings (SSSR count). The van der Waals surface area contributed by atoms with Crippen molar-refractivity contribution in [2.24, 2.45) is 23.2 Å². The Morgan fingerprint density at radius 3 is 2.35 bits per heavy atom. The second-order valence-electron chi connectivity index (χ2n) is 12.5. The number of benzene rings is 2. The van der Waals surface area contributed by atoms with Crippen LogP contribution in [0.5, 0.6) is 0 Å². The summed E-state index contributed by atoms with van der Waals surface area (Å²) < 4.78 is 15.8. The molecule has 0 saturated heterocycles. The molecule has 0 spiro atoms. The molecule has 0 radical (unpaired) electrons. The third kappa shape index (κ3) is 4.24. The minimum absolute atomic E-state index is 0.226. The van der Waals surface area contributed by atoms with Crippen LogP contribution in [-0.2, 0) is 17.9 Å². The van der Waals surface area contributed by atoms with Crippen LogP contribution in [0, 0.1) is 29.0 Å². The molecule has 5 aliphatic carbocycles.